The topological polar surface area (TPSA) is 57.7 Å². The minimum atomic E-state index is -4.09. The lowest BCUT2D eigenvalue weighted by Crippen LogP contribution is -2.48. The third-order valence-electron chi connectivity index (χ3n) is 4.39. The van der Waals surface area contributed by atoms with E-state index in [1.807, 2.05) is 17.0 Å². The van der Waals surface area contributed by atoms with E-state index >= 15 is 0 Å². The van der Waals surface area contributed by atoms with Crippen molar-refractivity contribution >= 4 is 21.5 Å². The van der Waals surface area contributed by atoms with Gasteiger partial charge in [0.2, 0.25) is 10.0 Å². The Bertz CT molecular complexity index is 922. The maximum absolute atomic E-state index is 13.9. The second kappa shape index (κ2) is 7.13. The molecule has 0 bridgehead atoms. The summed E-state index contributed by atoms with van der Waals surface area (Å²) < 4.78 is 53.5. The Labute approximate surface area is 150 Å². The van der Waals surface area contributed by atoms with E-state index < -0.39 is 26.6 Å². The predicted octanol–water partition coefficient (Wildman–Crippen LogP) is 2.68. The second-order valence-corrected chi connectivity index (χ2v) is 7.98. The maximum Gasteiger partial charge on any atom is 0.246 e. The number of piperazine rings is 1. The summed E-state index contributed by atoms with van der Waals surface area (Å²) in [6.45, 7) is 2.63. The van der Waals surface area contributed by atoms with Gasteiger partial charge in [-0.3, -0.25) is 4.79 Å². The van der Waals surface area contributed by atoms with Crippen LogP contribution in [0, 0.1) is 11.6 Å². The zero-order valence-corrected chi connectivity index (χ0v) is 15.0. The molecule has 1 saturated heterocycles. The SMILES string of the molecule is CC(=O)c1ccc(N2CCN(S(=O)(=O)c3cc(F)ccc3F)CC2)cc1. The molecule has 8 heteroatoms. The van der Waals surface area contributed by atoms with Crippen molar-refractivity contribution in [1.29, 1.82) is 0 Å². The number of carbonyl (C=O) groups excluding carboxylic acids is 1. The number of carbonyl (C=O) groups is 1. The molecule has 26 heavy (non-hydrogen) atoms. The van der Waals surface area contributed by atoms with Gasteiger partial charge in [0.15, 0.2) is 5.78 Å². The van der Waals surface area contributed by atoms with Crippen molar-refractivity contribution in [2.45, 2.75) is 11.8 Å². The maximum atomic E-state index is 13.9. The molecule has 0 spiro atoms. The van der Waals surface area contributed by atoms with Gasteiger partial charge >= 0.3 is 0 Å². The molecule has 0 N–H and O–H groups in total. The van der Waals surface area contributed by atoms with Gasteiger partial charge < -0.3 is 4.90 Å². The number of hydrogen-bond acceptors (Lipinski definition) is 4. The van der Waals surface area contributed by atoms with Gasteiger partial charge in [-0.2, -0.15) is 4.31 Å². The van der Waals surface area contributed by atoms with E-state index in [0.29, 0.717) is 24.7 Å². The van der Waals surface area contributed by atoms with Crippen LogP contribution < -0.4 is 4.90 Å². The summed E-state index contributed by atoms with van der Waals surface area (Å²) in [5, 5.41) is 0. The first-order chi connectivity index (χ1) is 12.3. The molecule has 1 fully saturated rings. The van der Waals surface area contributed by atoms with E-state index in [1.165, 1.54) is 6.92 Å². The Morgan fingerprint density at radius 2 is 1.58 bits per heavy atom. The van der Waals surface area contributed by atoms with Gasteiger partial charge in [-0.05, 0) is 49.4 Å². The zero-order valence-electron chi connectivity index (χ0n) is 14.2. The fraction of sp³-hybridized carbons (Fsp3) is 0.278. The van der Waals surface area contributed by atoms with Gasteiger partial charge in [0.05, 0.1) is 0 Å². The number of nitrogens with zero attached hydrogens (tertiary/aromatic N) is 2. The summed E-state index contributed by atoms with van der Waals surface area (Å²) >= 11 is 0. The Hall–Kier alpha value is -2.32. The fourth-order valence-corrected chi connectivity index (χ4v) is 4.41. The monoisotopic (exact) mass is 380 g/mol. The molecule has 5 nitrogen and oxygen atoms in total. The smallest absolute Gasteiger partial charge is 0.246 e. The van der Waals surface area contributed by atoms with Crippen molar-refractivity contribution in [3.63, 3.8) is 0 Å². The molecule has 0 unspecified atom stereocenters. The van der Waals surface area contributed by atoms with Crippen LogP contribution in [0.1, 0.15) is 17.3 Å². The predicted molar refractivity (Wildman–Crippen MR) is 93.8 cm³/mol. The Morgan fingerprint density at radius 3 is 2.15 bits per heavy atom. The summed E-state index contributed by atoms with van der Waals surface area (Å²) in [5.41, 5.74) is 1.49. The highest BCUT2D eigenvalue weighted by atomic mass is 32.2. The standard InChI is InChI=1S/C18H18F2N2O3S/c1-13(23)14-2-5-16(6-3-14)21-8-10-22(11-9-21)26(24,25)18-12-15(19)4-7-17(18)20/h2-7,12H,8-11H2,1H3. The number of ketones is 1. The summed E-state index contributed by atoms with van der Waals surface area (Å²) in [5.74, 6) is -1.78. The lowest BCUT2D eigenvalue weighted by molar-refractivity contribution is 0.101. The van der Waals surface area contributed by atoms with E-state index in [9.17, 15) is 22.0 Å². The van der Waals surface area contributed by atoms with E-state index in [-0.39, 0.29) is 18.9 Å². The number of halogens is 2. The van der Waals surface area contributed by atoms with Crippen LogP contribution in [-0.2, 0) is 10.0 Å². The van der Waals surface area contributed by atoms with Gasteiger partial charge in [-0.1, -0.05) is 0 Å². The molecule has 1 aliphatic rings. The third kappa shape index (κ3) is 3.61. The molecule has 1 heterocycles. The summed E-state index contributed by atoms with van der Waals surface area (Å²) in [4.78, 5) is 12.7. The lowest BCUT2D eigenvalue weighted by atomic mass is 10.1. The number of sulfonamides is 1. The van der Waals surface area contributed by atoms with Crippen molar-refractivity contribution in [3.05, 3.63) is 59.7 Å². The summed E-state index contributed by atoms with van der Waals surface area (Å²) in [7, 11) is -4.09. The Morgan fingerprint density at radius 1 is 0.962 bits per heavy atom. The number of benzene rings is 2. The van der Waals surface area contributed by atoms with Crippen LogP contribution in [0.2, 0.25) is 0 Å². The van der Waals surface area contributed by atoms with Gasteiger partial charge in [0, 0.05) is 37.4 Å². The molecular formula is C18H18F2N2O3S. The number of hydrogen-bond donors (Lipinski definition) is 0. The number of anilines is 1. The molecule has 0 atom stereocenters. The first kappa shape index (κ1) is 18.5. The Kier molecular flexibility index (Phi) is 5.06. The highest BCUT2D eigenvalue weighted by molar-refractivity contribution is 7.89. The van der Waals surface area contributed by atoms with Crippen LogP contribution in [0.3, 0.4) is 0 Å². The van der Waals surface area contributed by atoms with Gasteiger partial charge in [-0.15, -0.1) is 0 Å². The van der Waals surface area contributed by atoms with E-state index in [1.54, 1.807) is 12.1 Å². The highest BCUT2D eigenvalue weighted by Gasteiger charge is 2.31. The van der Waals surface area contributed by atoms with Crippen molar-refractivity contribution in [2.24, 2.45) is 0 Å². The highest BCUT2D eigenvalue weighted by Crippen LogP contribution is 2.24. The van der Waals surface area contributed by atoms with Crippen LogP contribution in [0.5, 0.6) is 0 Å². The van der Waals surface area contributed by atoms with Crippen LogP contribution in [0.15, 0.2) is 47.4 Å². The summed E-state index contributed by atoms with van der Waals surface area (Å²) in [6, 6.07) is 9.48. The molecule has 0 amide bonds. The minimum absolute atomic E-state index is 0.0235. The Balaban J connectivity index is 1.73. The average Bonchev–Trinajstić information content (AvgIpc) is 2.64. The molecule has 2 aromatic carbocycles. The molecule has 0 aromatic heterocycles. The molecule has 0 radical (unpaired) electrons. The molecule has 138 valence electrons. The summed E-state index contributed by atoms with van der Waals surface area (Å²) in [6.07, 6.45) is 0. The van der Waals surface area contributed by atoms with Crippen LogP contribution >= 0.6 is 0 Å². The fourth-order valence-electron chi connectivity index (χ4n) is 2.91. The third-order valence-corrected chi connectivity index (χ3v) is 6.30. The number of Topliss-reactive ketones (excluding diaryl/α,β-unsaturated/α-hetero) is 1. The van der Waals surface area contributed by atoms with Crippen molar-refractivity contribution in [2.75, 3.05) is 31.1 Å². The molecule has 0 saturated carbocycles. The molecular weight excluding hydrogens is 362 g/mol. The van der Waals surface area contributed by atoms with Crippen LogP contribution in [0.25, 0.3) is 0 Å². The van der Waals surface area contributed by atoms with Crippen LogP contribution in [-0.4, -0.2) is 44.7 Å². The average molecular weight is 380 g/mol. The molecule has 3 rings (SSSR count). The van der Waals surface area contributed by atoms with E-state index in [4.69, 9.17) is 0 Å². The molecule has 0 aliphatic carbocycles. The zero-order chi connectivity index (χ0) is 18.9. The van der Waals surface area contributed by atoms with Crippen LogP contribution in [0.4, 0.5) is 14.5 Å². The van der Waals surface area contributed by atoms with Gasteiger partial charge in [0.1, 0.15) is 16.5 Å². The lowest BCUT2D eigenvalue weighted by Gasteiger charge is -2.35. The van der Waals surface area contributed by atoms with Gasteiger partial charge in [0.25, 0.3) is 0 Å². The van der Waals surface area contributed by atoms with Crippen molar-refractivity contribution < 1.29 is 22.0 Å². The minimum Gasteiger partial charge on any atom is -0.369 e. The number of rotatable bonds is 4. The van der Waals surface area contributed by atoms with E-state index in [0.717, 1.165) is 22.1 Å². The van der Waals surface area contributed by atoms with Crippen molar-refractivity contribution in [3.8, 4) is 0 Å². The van der Waals surface area contributed by atoms with Gasteiger partial charge in [-0.25, -0.2) is 17.2 Å². The first-order valence-electron chi connectivity index (χ1n) is 8.10. The largest absolute Gasteiger partial charge is 0.369 e. The van der Waals surface area contributed by atoms with E-state index in [2.05, 4.69) is 0 Å². The first-order valence-corrected chi connectivity index (χ1v) is 9.54. The molecule has 1 aliphatic heterocycles. The normalized spacial score (nSPS) is 15.9. The van der Waals surface area contributed by atoms with Crippen molar-refractivity contribution in [1.82, 2.24) is 4.31 Å². The quantitative estimate of drug-likeness (QED) is 0.766. The second-order valence-electron chi connectivity index (χ2n) is 6.07. The molecule has 2 aromatic rings.